The van der Waals surface area contributed by atoms with Crippen molar-refractivity contribution in [1.29, 1.82) is 0 Å². The fourth-order valence-corrected chi connectivity index (χ4v) is 1.21. The van der Waals surface area contributed by atoms with E-state index in [9.17, 15) is 0 Å². The molecule has 56 valence electrons. The SMILES string of the molecule is CC1C=CN=[N+]1C(C)(C)C. The van der Waals surface area contributed by atoms with Crippen LogP contribution in [0, 0.1) is 0 Å². The number of hydrogen-bond acceptors (Lipinski definition) is 1. The topological polar surface area (TPSA) is 15.4 Å². The molecule has 0 bridgehead atoms. The van der Waals surface area contributed by atoms with E-state index >= 15 is 0 Å². The Morgan fingerprint density at radius 1 is 1.40 bits per heavy atom. The molecule has 10 heavy (non-hydrogen) atoms. The van der Waals surface area contributed by atoms with Crippen LogP contribution in [-0.2, 0) is 0 Å². The van der Waals surface area contributed by atoms with E-state index < -0.39 is 0 Å². The lowest BCUT2D eigenvalue weighted by Gasteiger charge is -2.14. The van der Waals surface area contributed by atoms with Crippen LogP contribution in [0.25, 0.3) is 0 Å². The predicted molar refractivity (Wildman–Crippen MR) is 41.0 cm³/mol. The Labute approximate surface area is 62.3 Å². The summed E-state index contributed by atoms with van der Waals surface area (Å²) in [4.78, 5) is 0. The van der Waals surface area contributed by atoms with Crippen molar-refractivity contribution in [1.82, 2.24) is 0 Å². The first kappa shape index (κ1) is 7.45. The van der Waals surface area contributed by atoms with Crippen molar-refractivity contribution < 1.29 is 4.70 Å². The molecule has 0 aromatic carbocycles. The van der Waals surface area contributed by atoms with Crippen molar-refractivity contribution in [2.24, 2.45) is 5.11 Å². The smallest absolute Gasteiger partial charge is 0.112 e. The molecule has 0 aromatic heterocycles. The number of hydrogen-bond donors (Lipinski definition) is 0. The highest BCUT2D eigenvalue weighted by Gasteiger charge is 2.32. The Morgan fingerprint density at radius 3 is 2.20 bits per heavy atom. The molecule has 0 aromatic rings. The third kappa shape index (κ3) is 1.25. The predicted octanol–water partition coefficient (Wildman–Crippen LogP) is 2.17. The molecule has 2 heteroatoms. The number of azo groups is 2. The quantitative estimate of drug-likeness (QED) is 0.457. The van der Waals surface area contributed by atoms with Crippen LogP contribution in [-0.4, -0.2) is 16.3 Å². The van der Waals surface area contributed by atoms with Crippen molar-refractivity contribution in [2.75, 3.05) is 0 Å². The first-order valence-electron chi connectivity index (χ1n) is 3.68. The minimum atomic E-state index is 0.156. The van der Waals surface area contributed by atoms with Gasteiger partial charge in [-0.3, -0.25) is 0 Å². The number of rotatable bonds is 0. The van der Waals surface area contributed by atoms with E-state index in [0.717, 1.165) is 0 Å². The van der Waals surface area contributed by atoms with Gasteiger partial charge in [-0.25, -0.2) is 0 Å². The molecule has 0 saturated carbocycles. The fourth-order valence-electron chi connectivity index (χ4n) is 1.21. The Kier molecular flexibility index (Phi) is 1.63. The van der Waals surface area contributed by atoms with Crippen LogP contribution in [0.3, 0.4) is 0 Å². The second-order valence-electron chi connectivity index (χ2n) is 3.71. The van der Waals surface area contributed by atoms with E-state index in [1.807, 2.05) is 6.20 Å². The maximum Gasteiger partial charge on any atom is 0.196 e. The second kappa shape index (κ2) is 2.19. The van der Waals surface area contributed by atoms with Gasteiger partial charge in [0.1, 0.15) is 0 Å². The van der Waals surface area contributed by atoms with E-state index in [2.05, 4.69) is 43.6 Å². The molecule has 0 radical (unpaired) electrons. The lowest BCUT2D eigenvalue weighted by Crippen LogP contribution is -2.35. The summed E-state index contributed by atoms with van der Waals surface area (Å²) in [5, 5.41) is 4.24. The van der Waals surface area contributed by atoms with Gasteiger partial charge in [0.2, 0.25) is 0 Å². The summed E-state index contributed by atoms with van der Waals surface area (Å²) in [5.74, 6) is 0. The molecule has 1 unspecified atom stereocenters. The van der Waals surface area contributed by atoms with Gasteiger partial charge in [0.25, 0.3) is 0 Å². The molecule has 2 nitrogen and oxygen atoms in total. The molecule has 1 rings (SSSR count). The Balaban J connectivity index is 2.78. The highest BCUT2D eigenvalue weighted by molar-refractivity contribution is 4.87. The van der Waals surface area contributed by atoms with Gasteiger partial charge in [0.15, 0.2) is 11.6 Å². The van der Waals surface area contributed by atoms with Gasteiger partial charge in [-0.15, -0.1) is 4.70 Å². The van der Waals surface area contributed by atoms with E-state index in [0.29, 0.717) is 6.04 Å². The maximum absolute atomic E-state index is 4.24. The largest absolute Gasteiger partial charge is 0.196 e. The first-order chi connectivity index (χ1) is 4.52. The van der Waals surface area contributed by atoms with Gasteiger partial charge >= 0.3 is 0 Å². The molecule has 0 saturated heterocycles. The van der Waals surface area contributed by atoms with Crippen molar-refractivity contribution in [3.8, 4) is 0 Å². The van der Waals surface area contributed by atoms with Gasteiger partial charge in [-0.05, 0) is 5.11 Å². The number of nitrogens with zero attached hydrogens (tertiary/aromatic N) is 2. The Bertz CT molecular complexity index is 184. The zero-order valence-electron chi connectivity index (χ0n) is 7.13. The van der Waals surface area contributed by atoms with E-state index in [1.54, 1.807) is 0 Å². The average molecular weight is 139 g/mol. The zero-order valence-corrected chi connectivity index (χ0v) is 7.13. The molecule has 0 spiro atoms. The normalized spacial score (nSPS) is 25.2. The molecule has 1 atom stereocenters. The summed E-state index contributed by atoms with van der Waals surface area (Å²) < 4.78 is 2.10. The summed E-state index contributed by atoms with van der Waals surface area (Å²) in [6.07, 6.45) is 3.97. The van der Waals surface area contributed by atoms with Crippen LogP contribution in [0.2, 0.25) is 0 Å². The monoisotopic (exact) mass is 139 g/mol. The average Bonchev–Trinajstić information content (AvgIpc) is 2.11. The van der Waals surface area contributed by atoms with E-state index in [4.69, 9.17) is 0 Å². The Hall–Kier alpha value is -0.660. The van der Waals surface area contributed by atoms with Crippen LogP contribution in [0.5, 0.6) is 0 Å². The molecule has 0 aliphatic carbocycles. The standard InChI is InChI=1S/C8H15N2/c1-7-5-6-9-10(7)8(2,3)4/h5-7H,1-4H3/q+1. The minimum absolute atomic E-state index is 0.156. The second-order valence-corrected chi connectivity index (χ2v) is 3.71. The van der Waals surface area contributed by atoms with Crippen LogP contribution < -0.4 is 0 Å². The summed E-state index contributed by atoms with van der Waals surface area (Å²) in [7, 11) is 0. The highest BCUT2D eigenvalue weighted by atomic mass is 15.3. The minimum Gasteiger partial charge on any atom is -0.112 e. The van der Waals surface area contributed by atoms with E-state index in [1.165, 1.54) is 0 Å². The van der Waals surface area contributed by atoms with Crippen molar-refractivity contribution in [2.45, 2.75) is 39.3 Å². The summed E-state index contributed by atoms with van der Waals surface area (Å²) in [5.41, 5.74) is 0.156. The molecular weight excluding hydrogens is 124 g/mol. The molecule has 1 heterocycles. The van der Waals surface area contributed by atoms with Gasteiger partial charge in [-0.2, -0.15) is 0 Å². The van der Waals surface area contributed by atoms with Crippen LogP contribution in [0.15, 0.2) is 17.4 Å². The molecule has 0 N–H and O–H groups in total. The van der Waals surface area contributed by atoms with Gasteiger partial charge in [0.05, 0.1) is 6.20 Å². The Morgan fingerprint density at radius 2 is 2.00 bits per heavy atom. The third-order valence-corrected chi connectivity index (χ3v) is 1.63. The van der Waals surface area contributed by atoms with Crippen molar-refractivity contribution in [3.05, 3.63) is 12.3 Å². The van der Waals surface area contributed by atoms with E-state index in [-0.39, 0.29) is 5.54 Å². The lowest BCUT2D eigenvalue weighted by molar-refractivity contribution is -0.667. The molecule has 0 fully saturated rings. The summed E-state index contributed by atoms with van der Waals surface area (Å²) in [6.45, 7) is 8.65. The molecular formula is C8H15N2+. The molecule has 1 aliphatic rings. The highest BCUT2D eigenvalue weighted by Crippen LogP contribution is 2.16. The van der Waals surface area contributed by atoms with Gasteiger partial charge in [-0.1, -0.05) is 0 Å². The first-order valence-corrected chi connectivity index (χ1v) is 3.68. The van der Waals surface area contributed by atoms with Crippen LogP contribution in [0.4, 0.5) is 0 Å². The lowest BCUT2D eigenvalue weighted by atomic mass is 10.1. The van der Waals surface area contributed by atoms with Crippen molar-refractivity contribution >= 4 is 0 Å². The fraction of sp³-hybridized carbons (Fsp3) is 0.750. The van der Waals surface area contributed by atoms with Crippen LogP contribution >= 0.6 is 0 Å². The van der Waals surface area contributed by atoms with Crippen molar-refractivity contribution in [3.63, 3.8) is 0 Å². The molecule has 1 aliphatic heterocycles. The third-order valence-electron chi connectivity index (χ3n) is 1.63. The maximum atomic E-state index is 4.24. The van der Waals surface area contributed by atoms with Gasteiger partial charge < -0.3 is 0 Å². The van der Waals surface area contributed by atoms with Crippen LogP contribution in [0.1, 0.15) is 27.7 Å². The molecule has 0 amide bonds. The summed E-state index contributed by atoms with van der Waals surface area (Å²) >= 11 is 0. The van der Waals surface area contributed by atoms with Gasteiger partial charge in [0, 0.05) is 33.8 Å². The summed E-state index contributed by atoms with van der Waals surface area (Å²) in [6, 6.07) is 0.458. The zero-order chi connectivity index (χ0) is 7.78.